The summed E-state index contributed by atoms with van der Waals surface area (Å²) in [5, 5.41) is 12.7. The first-order chi connectivity index (χ1) is 51.7. The van der Waals surface area contributed by atoms with Gasteiger partial charge in [0.25, 0.3) is 5.91 Å². The maximum atomic E-state index is 13.5. The summed E-state index contributed by atoms with van der Waals surface area (Å²) < 4.78 is 71.9. The highest BCUT2D eigenvalue weighted by Gasteiger charge is 2.34. The van der Waals surface area contributed by atoms with E-state index < -0.39 is 11.7 Å². The van der Waals surface area contributed by atoms with Crippen LogP contribution in [0.1, 0.15) is 66.0 Å². The molecule has 0 radical (unpaired) electrons. The lowest BCUT2D eigenvalue weighted by Crippen LogP contribution is -2.28. The molecule has 1 amide bonds. The number of nitrogens with zero attached hydrogens (tertiary/aromatic N) is 19. The molecule has 0 bridgehead atoms. The quantitative estimate of drug-likeness (QED) is 0.0570. The molecule has 26 nitrogen and oxygen atoms in total. The molecule has 3 aliphatic rings. The van der Waals surface area contributed by atoms with Crippen molar-refractivity contribution in [3.05, 3.63) is 194 Å². The number of anilines is 6. The number of hydrogen-bond acceptors (Lipinski definition) is 20. The highest BCUT2D eigenvalue weighted by atomic mass is 32.2. The third-order valence-electron chi connectivity index (χ3n) is 18.7. The molecular weight excluding hydrogens is 1420 g/mol. The first-order valence-electron chi connectivity index (χ1n) is 35.2. The Morgan fingerprint density at radius 1 is 0.486 bits per heavy atom. The van der Waals surface area contributed by atoms with Gasteiger partial charge in [-0.05, 0) is 150 Å². The smallest absolute Gasteiger partial charge is 0.416 e. The summed E-state index contributed by atoms with van der Waals surface area (Å²) in [6.07, 6.45) is 20.6. The summed E-state index contributed by atoms with van der Waals surface area (Å²) in [5.74, 6) is 4.31. The van der Waals surface area contributed by atoms with Gasteiger partial charge in [0, 0.05) is 171 Å². The van der Waals surface area contributed by atoms with Crippen LogP contribution in [0, 0.1) is 18.8 Å². The third kappa shape index (κ3) is 18.3. The van der Waals surface area contributed by atoms with Crippen LogP contribution in [0.4, 0.5) is 47.3 Å². The number of likely N-dealkylation sites (tertiary alicyclic amines) is 1. The molecule has 0 unspecified atom stereocenters. The number of rotatable bonds is 22. The van der Waals surface area contributed by atoms with Crippen molar-refractivity contribution in [2.24, 2.45) is 33.0 Å². The second-order valence-electron chi connectivity index (χ2n) is 27.1. The van der Waals surface area contributed by atoms with Crippen molar-refractivity contribution in [3.63, 3.8) is 0 Å². The van der Waals surface area contributed by atoms with Crippen molar-refractivity contribution in [3.8, 4) is 56.8 Å². The molecule has 30 heteroatoms. The molecule has 4 N–H and O–H groups in total. The summed E-state index contributed by atoms with van der Waals surface area (Å²) in [6.45, 7) is 5.64. The van der Waals surface area contributed by atoms with Crippen molar-refractivity contribution in [1.82, 2.24) is 77.4 Å². The largest absolute Gasteiger partial charge is 0.497 e. The predicted molar refractivity (Wildman–Crippen MR) is 417 cm³/mol. The van der Waals surface area contributed by atoms with Crippen LogP contribution in [-0.4, -0.2) is 163 Å². The van der Waals surface area contributed by atoms with Crippen molar-refractivity contribution in [2.75, 3.05) is 83.4 Å². The number of methoxy groups -OCH3 is 4. The average Bonchev–Trinajstić information content (AvgIpc) is 1.65. The summed E-state index contributed by atoms with van der Waals surface area (Å²) >= 11 is 1.58. The summed E-state index contributed by atoms with van der Waals surface area (Å²) in [6, 6.07) is 33.4. The van der Waals surface area contributed by atoms with E-state index >= 15 is 0 Å². The molecule has 6 aromatic carbocycles. The first-order valence-corrected chi connectivity index (χ1v) is 35.9. The molecule has 566 valence electrons. The lowest BCUT2D eigenvalue weighted by molar-refractivity contribution is -0.137. The Morgan fingerprint density at radius 3 is 1.28 bits per heavy atom. The normalized spacial score (nSPS) is 13.3. The maximum Gasteiger partial charge on any atom is 0.416 e. The van der Waals surface area contributed by atoms with Gasteiger partial charge in [-0.25, -0.2) is 24.2 Å². The van der Waals surface area contributed by atoms with Crippen molar-refractivity contribution in [2.45, 2.75) is 58.2 Å². The molecule has 109 heavy (non-hydrogen) atoms. The number of aromatic nitrogens is 14. The molecule has 0 atom stereocenters. The SMILES string of the molecule is COc1cc(C(=O)N2CCCC2)cc(N(CC2CC2)c2ccc3ncc(-c4cnn(C)c4)nc3c2)c1.COc1cc(N(CC2CC2)c2ccc3ncc(-c4cnn(C)c4)nc3c2)cc(C(F)(F)F)c1.COc1cc(OC)cc(N(Cc2nc(C)cn2SN(C)C)c2ccc3ncc(-c4cnn(C)c4)nc3c2)c1.O.O. The van der Waals surface area contributed by atoms with E-state index in [4.69, 9.17) is 38.9 Å². The van der Waals surface area contributed by atoms with Gasteiger partial charge >= 0.3 is 6.18 Å². The zero-order valence-electron chi connectivity index (χ0n) is 62.2. The molecule has 3 fully saturated rings. The maximum absolute atomic E-state index is 13.5. The van der Waals surface area contributed by atoms with Gasteiger partial charge in [0.15, 0.2) is 0 Å². The van der Waals surface area contributed by atoms with Gasteiger partial charge in [-0.3, -0.25) is 37.8 Å². The Labute approximate surface area is 632 Å². The Balaban J connectivity index is 0.000000151. The lowest BCUT2D eigenvalue weighted by atomic mass is 10.1. The van der Waals surface area contributed by atoms with Gasteiger partial charge in [-0.2, -0.15) is 28.5 Å². The van der Waals surface area contributed by atoms with Gasteiger partial charge < -0.3 is 49.5 Å². The number of aryl methyl sites for hydroxylation is 4. The zero-order valence-corrected chi connectivity index (χ0v) is 63.0. The van der Waals surface area contributed by atoms with E-state index in [1.165, 1.54) is 26.0 Å². The van der Waals surface area contributed by atoms with Crippen molar-refractivity contribution < 1.29 is 47.9 Å². The lowest BCUT2D eigenvalue weighted by Gasteiger charge is -2.27. The molecule has 8 heterocycles. The number of halogens is 3. The second kappa shape index (κ2) is 33.2. The minimum Gasteiger partial charge on any atom is -0.497 e. The van der Waals surface area contributed by atoms with Crippen LogP contribution in [0.2, 0.25) is 0 Å². The van der Waals surface area contributed by atoms with E-state index in [2.05, 4.69) is 56.2 Å². The van der Waals surface area contributed by atoms with E-state index in [9.17, 15) is 18.0 Å². The van der Waals surface area contributed by atoms with E-state index in [-0.39, 0.29) is 22.6 Å². The second-order valence-corrected chi connectivity index (χ2v) is 28.4. The summed E-state index contributed by atoms with van der Waals surface area (Å²) in [5.41, 5.74) is 15.5. The molecular formula is C79H86F3N19O7S. The highest BCUT2D eigenvalue weighted by Crippen LogP contribution is 2.43. The number of hydrogen-bond donors (Lipinski definition) is 0. The third-order valence-corrected chi connectivity index (χ3v) is 19.5. The van der Waals surface area contributed by atoms with E-state index in [1.54, 1.807) is 90.8 Å². The Hall–Kier alpha value is -11.7. The van der Waals surface area contributed by atoms with Gasteiger partial charge in [0.05, 0.1) is 134 Å². The van der Waals surface area contributed by atoms with Crippen LogP contribution in [-0.2, 0) is 33.9 Å². The Bertz CT molecular complexity index is 5340. The molecule has 1 aliphatic heterocycles. The van der Waals surface area contributed by atoms with Crippen LogP contribution in [0.5, 0.6) is 23.0 Å². The molecule has 7 aromatic heterocycles. The Kier molecular flexibility index (Phi) is 23.4. The summed E-state index contributed by atoms with van der Waals surface area (Å²) in [4.78, 5) is 54.7. The number of carbonyl (C=O) groups excluding carboxylic acids is 1. The molecule has 0 spiro atoms. The molecule has 2 saturated carbocycles. The zero-order chi connectivity index (χ0) is 74.6. The van der Waals surface area contributed by atoms with Gasteiger partial charge in [0.1, 0.15) is 28.8 Å². The van der Waals surface area contributed by atoms with Crippen LogP contribution in [0.3, 0.4) is 0 Å². The van der Waals surface area contributed by atoms with Gasteiger partial charge in [0.2, 0.25) is 0 Å². The monoisotopic (exact) mass is 1500 g/mol. The van der Waals surface area contributed by atoms with Gasteiger partial charge in [-0.1, -0.05) is 0 Å². The highest BCUT2D eigenvalue weighted by molar-refractivity contribution is 7.95. The van der Waals surface area contributed by atoms with Crippen LogP contribution < -0.4 is 33.6 Å². The number of amides is 1. The molecule has 1 saturated heterocycles. The first kappa shape index (κ1) is 76.9. The Morgan fingerprint density at radius 2 is 0.890 bits per heavy atom. The molecule has 2 aliphatic carbocycles. The van der Waals surface area contributed by atoms with Crippen LogP contribution in [0.15, 0.2) is 171 Å². The summed E-state index contributed by atoms with van der Waals surface area (Å²) in [7, 11) is 16.0. The predicted octanol–water partition coefficient (Wildman–Crippen LogP) is 13.6. The molecule has 13 aromatic rings. The van der Waals surface area contributed by atoms with E-state index in [1.807, 2.05) is 160 Å². The fourth-order valence-electron chi connectivity index (χ4n) is 12.8. The van der Waals surface area contributed by atoms with Crippen molar-refractivity contribution >= 4 is 85.3 Å². The van der Waals surface area contributed by atoms with E-state index in [0.717, 1.165) is 141 Å². The number of imidazole rings is 1. The van der Waals surface area contributed by atoms with E-state index in [0.29, 0.717) is 70.2 Å². The number of ether oxygens (including phenoxy) is 4. The van der Waals surface area contributed by atoms with Crippen molar-refractivity contribution in [1.29, 1.82) is 0 Å². The standard InChI is InChI=1S/C28H30N6O2.C27H30N8O2S.C24H22F3N5O.2H2O/c1-32-18-21(15-30-32)27-16-29-25-8-7-22(14-26(25)31-27)34(17-19-5-6-19)23-11-20(12-24(13-23)36-2)28(35)33-9-3-4-10-33;1-18-15-35(38-32(2)3)27(30-18)17-34(21-9-22(36-5)12-23(10-21)37-6)20-7-8-24-25(11-20)31-26(14-28-24)19-13-29-33(4)16-19;1-31-14-16(11-29-31)23-12-28-21-6-5-18(10-22(21)30-23)32(13-15-3-4-15)19-7-17(24(25,26)27)8-20(9-19)33-2;;/h7-8,11-16,18-19H,3-6,9-10,17H2,1-2H3;7-16H,17H2,1-6H3;5-12,14-15H,3-4,13H2,1-2H3;2*1H2. The molecule has 16 rings (SSSR count). The average molecular weight is 1500 g/mol. The van der Waals surface area contributed by atoms with Crippen LogP contribution >= 0.6 is 12.1 Å². The number of fused-ring (bicyclic) bond motifs is 3. The van der Waals surface area contributed by atoms with Gasteiger partial charge in [-0.15, -0.1) is 0 Å². The minimum atomic E-state index is -4.47. The topological polar surface area (TPSA) is 282 Å². The minimum absolute atomic E-state index is 0. The van der Waals surface area contributed by atoms with Crippen LogP contribution in [0.25, 0.3) is 66.9 Å². The number of alkyl halides is 3. The fourth-order valence-corrected chi connectivity index (χ4v) is 13.6. The number of carbonyl (C=O) groups is 1. The number of benzene rings is 6. The fraction of sp³-hybridized carbons (Fsp3) is 0.304.